The molecule has 1 saturated carbocycles. The van der Waals surface area contributed by atoms with Crippen molar-refractivity contribution in [2.75, 3.05) is 24.3 Å². The molecule has 1 aliphatic carbocycles. The zero-order chi connectivity index (χ0) is 25.6. The van der Waals surface area contributed by atoms with Crippen LogP contribution in [0.5, 0.6) is 0 Å². The minimum absolute atomic E-state index is 0.0346. The fraction of sp³-hybridized carbons (Fsp3) is 0.364. The smallest absolute Gasteiger partial charge is 0.375 e. The van der Waals surface area contributed by atoms with Gasteiger partial charge in [-0.25, -0.2) is 15.0 Å². The summed E-state index contributed by atoms with van der Waals surface area (Å²) in [6, 6.07) is -0.163. The van der Waals surface area contributed by atoms with Gasteiger partial charge >= 0.3 is 6.18 Å². The lowest BCUT2D eigenvalue weighted by molar-refractivity contribution is -0.162. The summed E-state index contributed by atoms with van der Waals surface area (Å²) in [6.07, 6.45) is 4.09. The van der Waals surface area contributed by atoms with E-state index in [1.165, 1.54) is 5.38 Å². The first-order chi connectivity index (χ1) is 17.1. The summed E-state index contributed by atoms with van der Waals surface area (Å²) < 4.78 is 42.3. The Labute approximate surface area is 207 Å². The van der Waals surface area contributed by atoms with Crippen LogP contribution >= 0.6 is 11.3 Å². The molecule has 14 heteroatoms. The van der Waals surface area contributed by atoms with Gasteiger partial charge < -0.3 is 14.8 Å². The molecule has 1 N–H and O–H groups in total. The summed E-state index contributed by atoms with van der Waals surface area (Å²) in [7, 11) is 3.77. The number of rotatable bonds is 7. The van der Waals surface area contributed by atoms with Crippen LogP contribution in [0.1, 0.15) is 47.9 Å². The Kier molecular flexibility index (Phi) is 5.98. The molecule has 0 aromatic carbocycles. The fourth-order valence-corrected chi connectivity index (χ4v) is 4.36. The third-order valence-corrected chi connectivity index (χ3v) is 6.69. The molecular formula is C22H22F3N9OS. The Morgan fingerprint density at radius 1 is 1.25 bits per heavy atom. The number of thiazole rings is 1. The summed E-state index contributed by atoms with van der Waals surface area (Å²) in [5.41, 5.74) is 2.72. The van der Waals surface area contributed by atoms with Gasteiger partial charge in [0, 0.05) is 31.6 Å². The van der Waals surface area contributed by atoms with Gasteiger partial charge in [-0.2, -0.15) is 13.2 Å². The number of carbonyl (C=O) groups excluding carboxylic acids is 1. The van der Waals surface area contributed by atoms with Crippen molar-refractivity contribution in [2.45, 2.75) is 37.9 Å². The van der Waals surface area contributed by atoms with E-state index >= 15 is 0 Å². The zero-order valence-electron chi connectivity index (χ0n) is 19.6. The minimum Gasteiger partial charge on any atom is -0.375 e. The molecule has 4 heterocycles. The van der Waals surface area contributed by atoms with E-state index in [2.05, 4.69) is 30.5 Å². The van der Waals surface area contributed by atoms with Crippen LogP contribution in [0.2, 0.25) is 0 Å². The normalized spacial score (nSPS) is 14.6. The molecule has 0 aliphatic heterocycles. The highest BCUT2D eigenvalue weighted by Crippen LogP contribution is 2.39. The molecule has 0 saturated heterocycles. The molecule has 36 heavy (non-hydrogen) atoms. The van der Waals surface area contributed by atoms with Gasteiger partial charge in [-0.3, -0.25) is 9.36 Å². The first kappa shape index (κ1) is 23.9. The molecule has 4 aromatic heterocycles. The maximum absolute atomic E-state index is 13.2. The van der Waals surface area contributed by atoms with Crippen LogP contribution in [-0.4, -0.2) is 60.5 Å². The summed E-state index contributed by atoms with van der Waals surface area (Å²) in [5, 5.41) is 11.8. The minimum atomic E-state index is -4.47. The molecule has 188 valence electrons. The van der Waals surface area contributed by atoms with E-state index in [9.17, 15) is 18.0 Å². The number of imidazole rings is 1. The maximum Gasteiger partial charge on any atom is 0.408 e. The van der Waals surface area contributed by atoms with Crippen molar-refractivity contribution < 1.29 is 18.0 Å². The van der Waals surface area contributed by atoms with Crippen LogP contribution in [0.4, 0.5) is 24.7 Å². The van der Waals surface area contributed by atoms with Crippen molar-refractivity contribution in [1.82, 2.24) is 34.3 Å². The van der Waals surface area contributed by atoms with Gasteiger partial charge in [-0.1, -0.05) is 0 Å². The van der Waals surface area contributed by atoms with Crippen LogP contribution in [0.15, 0.2) is 36.5 Å². The van der Waals surface area contributed by atoms with E-state index in [1.54, 1.807) is 18.6 Å². The number of anilines is 2. The predicted octanol–water partition coefficient (Wildman–Crippen LogP) is 4.30. The summed E-state index contributed by atoms with van der Waals surface area (Å²) in [4.78, 5) is 27.9. The van der Waals surface area contributed by atoms with Gasteiger partial charge in [0.05, 0.1) is 29.6 Å². The second-order valence-corrected chi connectivity index (χ2v) is 9.56. The number of nitrogens with zero attached hydrogens (tertiary/aromatic N) is 8. The fourth-order valence-electron chi connectivity index (χ4n) is 3.62. The first-order valence-corrected chi connectivity index (χ1v) is 11.9. The summed E-state index contributed by atoms with van der Waals surface area (Å²) in [5.74, 6) is 0.119. The third-order valence-electron chi connectivity index (χ3n) is 5.85. The number of alkyl halides is 3. The molecule has 1 amide bonds. The number of halogens is 3. The Morgan fingerprint density at radius 2 is 2.03 bits per heavy atom. The number of aromatic nitrogens is 7. The number of amides is 1. The summed E-state index contributed by atoms with van der Waals surface area (Å²) in [6.45, 7) is 1.01. The molecule has 1 fully saturated rings. The highest BCUT2D eigenvalue weighted by molar-refractivity contribution is 7.13. The van der Waals surface area contributed by atoms with E-state index in [0.717, 1.165) is 59.1 Å². The van der Waals surface area contributed by atoms with Gasteiger partial charge in [0.15, 0.2) is 10.8 Å². The van der Waals surface area contributed by atoms with E-state index in [1.807, 2.05) is 29.8 Å². The predicted molar refractivity (Wildman–Crippen MR) is 128 cm³/mol. The van der Waals surface area contributed by atoms with E-state index in [4.69, 9.17) is 0 Å². The number of carbonyl (C=O) groups is 1. The van der Waals surface area contributed by atoms with Gasteiger partial charge in [0.25, 0.3) is 5.91 Å². The first-order valence-electron chi connectivity index (χ1n) is 11.1. The van der Waals surface area contributed by atoms with Gasteiger partial charge in [-0.05, 0) is 25.8 Å². The quantitative estimate of drug-likeness (QED) is 0.390. The van der Waals surface area contributed by atoms with Crippen LogP contribution < -0.4 is 10.2 Å². The second-order valence-electron chi connectivity index (χ2n) is 8.70. The maximum atomic E-state index is 13.2. The molecule has 0 unspecified atom stereocenters. The van der Waals surface area contributed by atoms with E-state index in [0.29, 0.717) is 5.92 Å². The number of nitrogens with one attached hydrogen (secondary N) is 1. The number of hydrogen-bond donors (Lipinski definition) is 1. The Morgan fingerprint density at radius 3 is 2.72 bits per heavy atom. The third kappa shape index (κ3) is 4.67. The Hall–Kier alpha value is -3.81. The van der Waals surface area contributed by atoms with Gasteiger partial charge in [0.2, 0.25) is 0 Å². The number of hydrogen-bond acceptors (Lipinski definition) is 8. The van der Waals surface area contributed by atoms with Gasteiger partial charge in [0.1, 0.15) is 23.9 Å². The highest BCUT2D eigenvalue weighted by atomic mass is 32.1. The van der Waals surface area contributed by atoms with Crippen LogP contribution in [0.25, 0.3) is 16.5 Å². The van der Waals surface area contributed by atoms with Crippen molar-refractivity contribution in [3.8, 4) is 16.5 Å². The largest absolute Gasteiger partial charge is 0.408 e. The topological polar surface area (TPSA) is 107 Å². The average molecular weight is 518 g/mol. The van der Waals surface area contributed by atoms with Crippen molar-refractivity contribution in [3.63, 3.8) is 0 Å². The lowest BCUT2D eigenvalue weighted by Crippen LogP contribution is -2.23. The lowest BCUT2D eigenvalue weighted by atomic mass is 10.2. The molecule has 1 atom stereocenters. The molecule has 0 bridgehead atoms. The van der Waals surface area contributed by atoms with Crippen LogP contribution in [-0.2, 0) is 0 Å². The van der Waals surface area contributed by atoms with Crippen LogP contribution in [0.3, 0.4) is 0 Å². The van der Waals surface area contributed by atoms with E-state index in [-0.39, 0.29) is 22.3 Å². The van der Waals surface area contributed by atoms with Crippen molar-refractivity contribution in [1.29, 1.82) is 0 Å². The molecule has 0 spiro atoms. The average Bonchev–Trinajstić information content (AvgIpc) is 3.22. The van der Waals surface area contributed by atoms with Crippen molar-refractivity contribution in [3.05, 3.63) is 47.9 Å². The summed E-state index contributed by atoms with van der Waals surface area (Å²) >= 11 is 1.05. The molecule has 5 rings (SSSR count). The molecule has 10 nitrogen and oxygen atoms in total. The van der Waals surface area contributed by atoms with E-state index < -0.39 is 18.1 Å². The Bertz CT molecular complexity index is 1400. The highest BCUT2D eigenvalue weighted by Gasteiger charge is 2.39. The SMILES string of the molecule is C[C@H](n1cnnc1-c1nc(NC(=O)c2cc(-n3cnc(C4CC4)c3)c(N(C)C)cn2)cs1)C(F)(F)F. The molecule has 1 aliphatic rings. The molecular weight excluding hydrogens is 495 g/mol. The molecule has 4 aromatic rings. The number of pyridine rings is 1. The van der Waals surface area contributed by atoms with Gasteiger partial charge in [-0.15, -0.1) is 21.5 Å². The monoisotopic (exact) mass is 517 g/mol. The Balaban J connectivity index is 1.38. The lowest BCUT2D eigenvalue weighted by Gasteiger charge is -2.18. The molecule has 0 radical (unpaired) electrons. The van der Waals surface area contributed by atoms with Crippen molar-refractivity contribution >= 4 is 28.7 Å². The second kappa shape index (κ2) is 9.00. The van der Waals surface area contributed by atoms with Crippen molar-refractivity contribution in [2.24, 2.45) is 0 Å². The van der Waals surface area contributed by atoms with Crippen LogP contribution in [0, 0.1) is 0 Å². The standard InChI is InChI=1S/C22H22F3N9OS/c1-12(22(23,24)25)34-11-28-31-19(34)21-30-18(9-36-21)29-20(35)14-6-16(17(7-26-14)32(2)3)33-8-15(27-10-33)13-4-5-13/h6-13H,4-5H2,1-3H3,(H,29,35)/t12-/m0/s1. The zero-order valence-corrected chi connectivity index (χ0v) is 20.4.